The highest BCUT2D eigenvalue weighted by molar-refractivity contribution is 7.89. The first-order valence-corrected chi connectivity index (χ1v) is 11.2. The van der Waals surface area contributed by atoms with Crippen LogP contribution in [-0.2, 0) is 10.0 Å². The summed E-state index contributed by atoms with van der Waals surface area (Å²) in [5, 5.41) is 0. The fourth-order valence-corrected chi connectivity index (χ4v) is 4.39. The zero-order valence-electron chi connectivity index (χ0n) is 17.6. The van der Waals surface area contributed by atoms with Gasteiger partial charge in [0.1, 0.15) is 0 Å². The van der Waals surface area contributed by atoms with E-state index in [-0.39, 0.29) is 16.6 Å². The summed E-state index contributed by atoms with van der Waals surface area (Å²) in [6.07, 6.45) is 0. The Morgan fingerprint density at radius 1 is 1.00 bits per heavy atom. The molecule has 1 atom stereocenters. The summed E-state index contributed by atoms with van der Waals surface area (Å²) < 4.78 is 40.0. The standard InChI is InChI=1S/C22H29NO5S/c1-6-27-20-12-11-18(14-21(20)28-7-2)22(15(3)4)23-29(25,26)19-10-8-9-17(13-19)16(5)24/h8-15,22-23H,6-7H2,1-5H3. The zero-order valence-corrected chi connectivity index (χ0v) is 18.4. The Hall–Kier alpha value is -2.38. The third kappa shape index (κ3) is 5.81. The van der Waals surface area contributed by atoms with E-state index < -0.39 is 16.1 Å². The molecule has 0 aromatic heterocycles. The molecule has 0 radical (unpaired) electrons. The molecule has 0 aliphatic heterocycles. The van der Waals surface area contributed by atoms with Crippen molar-refractivity contribution in [3.63, 3.8) is 0 Å². The molecule has 158 valence electrons. The van der Waals surface area contributed by atoms with E-state index in [9.17, 15) is 13.2 Å². The number of Topliss-reactive ketones (excluding diaryl/α,β-unsaturated/α-hetero) is 1. The van der Waals surface area contributed by atoms with Gasteiger partial charge in [-0.1, -0.05) is 32.0 Å². The van der Waals surface area contributed by atoms with Crippen molar-refractivity contribution >= 4 is 15.8 Å². The van der Waals surface area contributed by atoms with E-state index in [0.717, 1.165) is 5.56 Å². The molecular weight excluding hydrogens is 390 g/mol. The van der Waals surface area contributed by atoms with Gasteiger partial charge in [0, 0.05) is 11.6 Å². The lowest BCUT2D eigenvalue weighted by Gasteiger charge is -2.24. The van der Waals surface area contributed by atoms with Gasteiger partial charge in [-0.2, -0.15) is 0 Å². The molecule has 0 fully saturated rings. The van der Waals surface area contributed by atoms with Gasteiger partial charge in [-0.3, -0.25) is 4.79 Å². The Morgan fingerprint density at radius 2 is 1.66 bits per heavy atom. The van der Waals surface area contributed by atoms with Crippen molar-refractivity contribution in [1.82, 2.24) is 4.72 Å². The van der Waals surface area contributed by atoms with Crippen molar-refractivity contribution in [2.75, 3.05) is 13.2 Å². The minimum atomic E-state index is -3.83. The number of benzene rings is 2. The van der Waals surface area contributed by atoms with Crippen LogP contribution in [0.4, 0.5) is 0 Å². The van der Waals surface area contributed by atoms with Crippen molar-refractivity contribution in [1.29, 1.82) is 0 Å². The van der Waals surface area contributed by atoms with Gasteiger partial charge >= 0.3 is 0 Å². The lowest BCUT2D eigenvalue weighted by atomic mass is 9.97. The number of nitrogens with one attached hydrogen (secondary N) is 1. The monoisotopic (exact) mass is 419 g/mol. The van der Waals surface area contributed by atoms with Gasteiger partial charge in [0.25, 0.3) is 0 Å². The highest BCUT2D eigenvalue weighted by Gasteiger charge is 2.25. The van der Waals surface area contributed by atoms with Crippen LogP contribution in [0, 0.1) is 5.92 Å². The fourth-order valence-electron chi connectivity index (χ4n) is 2.97. The third-order valence-electron chi connectivity index (χ3n) is 4.43. The molecule has 0 bridgehead atoms. The molecule has 2 rings (SSSR count). The van der Waals surface area contributed by atoms with Crippen LogP contribution < -0.4 is 14.2 Å². The van der Waals surface area contributed by atoms with E-state index >= 15 is 0 Å². The minimum Gasteiger partial charge on any atom is -0.490 e. The van der Waals surface area contributed by atoms with E-state index in [4.69, 9.17) is 9.47 Å². The van der Waals surface area contributed by atoms with Gasteiger partial charge in [0.2, 0.25) is 10.0 Å². The molecule has 0 spiro atoms. The van der Waals surface area contributed by atoms with Crippen LogP contribution in [0.3, 0.4) is 0 Å². The number of sulfonamides is 1. The molecule has 2 aromatic rings. The van der Waals surface area contributed by atoms with Gasteiger partial charge in [-0.15, -0.1) is 0 Å². The Labute approximate surface area is 173 Å². The normalized spacial score (nSPS) is 12.6. The molecule has 29 heavy (non-hydrogen) atoms. The number of hydrogen-bond acceptors (Lipinski definition) is 5. The molecule has 0 saturated heterocycles. The van der Waals surface area contributed by atoms with Crippen molar-refractivity contribution in [2.45, 2.75) is 45.6 Å². The van der Waals surface area contributed by atoms with Crippen molar-refractivity contribution in [3.05, 3.63) is 53.6 Å². The number of carbonyl (C=O) groups is 1. The molecule has 7 heteroatoms. The van der Waals surface area contributed by atoms with Crippen LogP contribution in [0.15, 0.2) is 47.4 Å². The first-order chi connectivity index (χ1) is 13.7. The van der Waals surface area contributed by atoms with Gasteiger partial charge in [-0.05, 0) is 56.5 Å². The summed E-state index contributed by atoms with van der Waals surface area (Å²) in [5.41, 5.74) is 1.13. The average molecular weight is 420 g/mol. The lowest BCUT2D eigenvalue weighted by Crippen LogP contribution is -2.32. The lowest BCUT2D eigenvalue weighted by molar-refractivity contribution is 0.101. The predicted molar refractivity (Wildman–Crippen MR) is 113 cm³/mol. The third-order valence-corrected chi connectivity index (χ3v) is 5.86. The molecule has 0 aliphatic carbocycles. The van der Waals surface area contributed by atoms with Crippen LogP contribution >= 0.6 is 0 Å². The molecule has 0 aliphatic rings. The molecule has 0 amide bonds. The first kappa shape index (κ1) is 22.9. The summed E-state index contributed by atoms with van der Waals surface area (Å²) in [6.45, 7) is 10.0. The Kier molecular flexibility index (Phi) is 7.81. The zero-order chi connectivity index (χ0) is 21.6. The summed E-state index contributed by atoms with van der Waals surface area (Å²) in [6, 6.07) is 11.0. The maximum absolute atomic E-state index is 13.0. The summed E-state index contributed by atoms with van der Waals surface area (Å²) in [4.78, 5) is 11.7. The molecule has 1 unspecified atom stereocenters. The molecule has 6 nitrogen and oxygen atoms in total. The van der Waals surface area contributed by atoms with E-state index in [1.807, 2.05) is 39.8 Å². The summed E-state index contributed by atoms with van der Waals surface area (Å²) in [7, 11) is -3.83. The second kappa shape index (κ2) is 9.89. The highest BCUT2D eigenvalue weighted by Crippen LogP contribution is 2.33. The summed E-state index contributed by atoms with van der Waals surface area (Å²) in [5.74, 6) is 0.997. The SMILES string of the molecule is CCOc1ccc(C(NS(=O)(=O)c2cccc(C(C)=O)c2)C(C)C)cc1OCC. The molecule has 2 aromatic carbocycles. The topological polar surface area (TPSA) is 81.7 Å². The van der Waals surface area contributed by atoms with Crippen LogP contribution in [0.5, 0.6) is 11.5 Å². The molecule has 0 heterocycles. The molecular formula is C22H29NO5S. The minimum absolute atomic E-state index is 0.0202. The number of ketones is 1. The predicted octanol–water partition coefficient (Wildman–Crippen LogP) is 4.36. The smallest absolute Gasteiger partial charge is 0.241 e. The second-order valence-electron chi connectivity index (χ2n) is 7.00. The van der Waals surface area contributed by atoms with E-state index in [2.05, 4.69) is 4.72 Å². The number of rotatable bonds is 10. The van der Waals surface area contributed by atoms with Crippen LogP contribution in [0.2, 0.25) is 0 Å². The first-order valence-electron chi connectivity index (χ1n) is 9.72. The van der Waals surface area contributed by atoms with Gasteiger partial charge in [0.05, 0.1) is 18.1 Å². The van der Waals surface area contributed by atoms with Gasteiger partial charge in [-0.25, -0.2) is 13.1 Å². The number of hydrogen-bond donors (Lipinski definition) is 1. The Bertz CT molecular complexity index is 953. The maximum atomic E-state index is 13.0. The van der Waals surface area contributed by atoms with Crippen LogP contribution in [-0.4, -0.2) is 27.4 Å². The number of carbonyl (C=O) groups excluding carboxylic acids is 1. The van der Waals surface area contributed by atoms with Crippen molar-refractivity contribution in [2.24, 2.45) is 5.92 Å². The molecule has 0 saturated carbocycles. The van der Waals surface area contributed by atoms with Gasteiger partial charge < -0.3 is 9.47 Å². The summed E-state index contributed by atoms with van der Waals surface area (Å²) >= 11 is 0. The Balaban J connectivity index is 2.40. The largest absolute Gasteiger partial charge is 0.490 e. The van der Waals surface area contributed by atoms with Crippen LogP contribution in [0.1, 0.15) is 56.6 Å². The highest BCUT2D eigenvalue weighted by atomic mass is 32.2. The van der Waals surface area contributed by atoms with Crippen molar-refractivity contribution < 1.29 is 22.7 Å². The second-order valence-corrected chi connectivity index (χ2v) is 8.71. The van der Waals surface area contributed by atoms with E-state index in [1.165, 1.54) is 19.1 Å². The Morgan fingerprint density at radius 3 is 2.24 bits per heavy atom. The van der Waals surface area contributed by atoms with Crippen LogP contribution in [0.25, 0.3) is 0 Å². The fraction of sp³-hybridized carbons (Fsp3) is 0.409. The van der Waals surface area contributed by atoms with E-state index in [1.54, 1.807) is 18.2 Å². The number of ether oxygens (including phenoxy) is 2. The van der Waals surface area contributed by atoms with E-state index in [0.29, 0.717) is 30.3 Å². The van der Waals surface area contributed by atoms with Gasteiger partial charge in [0.15, 0.2) is 17.3 Å². The average Bonchev–Trinajstić information content (AvgIpc) is 2.68. The maximum Gasteiger partial charge on any atom is 0.241 e. The molecule has 1 N–H and O–H groups in total. The van der Waals surface area contributed by atoms with Crippen molar-refractivity contribution in [3.8, 4) is 11.5 Å². The quantitative estimate of drug-likeness (QED) is 0.579.